The van der Waals surface area contributed by atoms with E-state index >= 15 is 0 Å². The molecule has 2 aliphatic heterocycles. The minimum atomic E-state index is 0.201. The summed E-state index contributed by atoms with van der Waals surface area (Å²) in [6.45, 7) is 3.27. The topological polar surface area (TPSA) is 60.1 Å². The van der Waals surface area contributed by atoms with Crippen LogP contribution in [0.4, 0.5) is 0 Å². The molecule has 5 heteroatoms. The fourth-order valence-electron chi connectivity index (χ4n) is 2.61. The molecule has 0 spiro atoms. The Bertz CT molecular complexity index is 427. The summed E-state index contributed by atoms with van der Waals surface area (Å²) in [5, 5.41) is 0. The Kier molecular flexibility index (Phi) is 3.66. The number of nitrogens with zero attached hydrogens (tertiary/aromatic N) is 2. The number of rotatable bonds is 2. The summed E-state index contributed by atoms with van der Waals surface area (Å²) in [5.41, 5.74) is 7.32. The third-order valence-corrected chi connectivity index (χ3v) is 3.56. The van der Waals surface area contributed by atoms with Gasteiger partial charge in [-0.2, -0.15) is 0 Å². The Labute approximate surface area is 113 Å². The lowest BCUT2D eigenvalue weighted by Gasteiger charge is -2.45. The Morgan fingerprint density at radius 2 is 1.68 bits per heavy atom. The van der Waals surface area contributed by atoms with Crippen molar-refractivity contribution in [1.29, 1.82) is 0 Å². The third kappa shape index (κ3) is 2.72. The molecule has 1 aromatic carbocycles. The molecule has 0 unspecified atom stereocenters. The molecule has 2 saturated heterocycles. The lowest BCUT2D eigenvalue weighted by Crippen LogP contribution is -2.63. The van der Waals surface area contributed by atoms with Crippen LogP contribution in [0.5, 0.6) is 0 Å². The van der Waals surface area contributed by atoms with Crippen molar-refractivity contribution in [1.82, 2.24) is 4.90 Å². The van der Waals surface area contributed by atoms with Crippen molar-refractivity contribution in [3.8, 4) is 0 Å². The second kappa shape index (κ2) is 5.59. The first kappa shape index (κ1) is 12.4. The molecule has 0 saturated carbocycles. The second-order valence-electron chi connectivity index (χ2n) is 4.95. The van der Waals surface area contributed by atoms with Gasteiger partial charge in [0, 0.05) is 0 Å². The zero-order valence-corrected chi connectivity index (χ0v) is 10.9. The summed E-state index contributed by atoms with van der Waals surface area (Å²) in [6.07, 6.45) is 0. The molecular weight excluding hydrogens is 242 g/mol. The summed E-state index contributed by atoms with van der Waals surface area (Å²) >= 11 is 0. The SMILES string of the molecule is NC(=NCc1ccccc1)N1C2COCC1COC2. The van der Waals surface area contributed by atoms with E-state index in [4.69, 9.17) is 15.2 Å². The van der Waals surface area contributed by atoms with E-state index in [0.29, 0.717) is 38.9 Å². The number of guanidine groups is 1. The van der Waals surface area contributed by atoms with Gasteiger partial charge >= 0.3 is 0 Å². The number of aliphatic imine (C=N–C) groups is 1. The molecule has 2 bridgehead atoms. The predicted molar refractivity (Wildman–Crippen MR) is 72.8 cm³/mol. The smallest absolute Gasteiger partial charge is 0.192 e. The average Bonchev–Trinajstić information content (AvgIpc) is 2.45. The van der Waals surface area contributed by atoms with E-state index in [1.54, 1.807) is 0 Å². The van der Waals surface area contributed by atoms with Crippen LogP contribution in [0.25, 0.3) is 0 Å². The van der Waals surface area contributed by atoms with E-state index < -0.39 is 0 Å². The molecule has 2 aliphatic rings. The van der Waals surface area contributed by atoms with E-state index in [-0.39, 0.29) is 12.1 Å². The molecule has 0 radical (unpaired) electrons. The van der Waals surface area contributed by atoms with Crippen molar-refractivity contribution in [3.05, 3.63) is 35.9 Å². The van der Waals surface area contributed by atoms with E-state index in [1.165, 1.54) is 5.56 Å². The molecule has 0 aliphatic carbocycles. The maximum absolute atomic E-state index is 6.15. The van der Waals surface area contributed by atoms with Crippen LogP contribution >= 0.6 is 0 Å². The minimum Gasteiger partial charge on any atom is -0.377 e. The van der Waals surface area contributed by atoms with Gasteiger partial charge < -0.3 is 20.1 Å². The average molecular weight is 261 g/mol. The third-order valence-electron chi connectivity index (χ3n) is 3.56. The molecule has 102 valence electrons. The number of fused-ring (bicyclic) bond motifs is 2. The molecule has 2 N–H and O–H groups in total. The Balaban J connectivity index is 1.70. The lowest BCUT2D eigenvalue weighted by molar-refractivity contribution is -0.109. The van der Waals surface area contributed by atoms with Crippen molar-refractivity contribution in [2.24, 2.45) is 10.7 Å². The second-order valence-corrected chi connectivity index (χ2v) is 4.95. The van der Waals surface area contributed by atoms with Gasteiger partial charge in [0.05, 0.1) is 45.1 Å². The number of ether oxygens (including phenoxy) is 2. The Hall–Kier alpha value is -1.59. The first-order valence-electron chi connectivity index (χ1n) is 6.62. The summed E-state index contributed by atoms with van der Waals surface area (Å²) < 4.78 is 11.1. The maximum atomic E-state index is 6.15. The molecule has 0 amide bonds. The highest BCUT2D eigenvalue weighted by molar-refractivity contribution is 5.79. The van der Waals surface area contributed by atoms with Crippen molar-refractivity contribution >= 4 is 5.96 Å². The predicted octanol–water partition coefficient (Wildman–Crippen LogP) is 0.601. The summed E-state index contributed by atoms with van der Waals surface area (Å²) in [4.78, 5) is 6.67. The number of hydrogen-bond donors (Lipinski definition) is 1. The Morgan fingerprint density at radius 3 is 2.26 bits per heavy atom. The van der Waals surface area contributed by atoms with Crippen LogP contribution in [0, 0.1) is 0 Å². The van der Waals surface area contributed by atoms with Gasteiger partial charge in [0.2, 0.25) is 0 Å². The van der Waals surface area contributed by atoms with E-state index in [0.717, 1.165) is 0 Å². The highest BCUT2D eigenvalue weighted by Crippen LogP contribution is 2.19. The molecule has 19 heavy (non-hydrogen) atoms. The first-order valence-corrected chi connectivity index (χ1v) is 6.62. The molecule has 0 aromatic heterocycles. The highest BCUT2D eigenvalue weighted by Gasteiger charge is 2.36. The molecule has 3 rings (SSSR count). The standard InChI is InChI=1S/C14H19N3O2/c15-14(16-6-11-4-2-1-3-5-11)17-12-7-18-9-13(17)10-19-8-12/h1-5,12-13H,6-10H2,(H2,15,16). The molecule has 5 nitrogen and oxygen atoms in total. The van der Waals surface area contributed by atoms with Gasteiger partial charge in [0.1, 0.15) is 0 Å². The van der Waals surface area contributed by atoms with Gasteiger partial charge in [-0.25, -0.2) is 4.99 Å². The fraction of sp³-hybridized carbons (Fsp3) is 0.500. The van der Waals surface area contributed by atoms with Gasteiger partial charge in [-0.15, -0.1) is 0 Å². The van der Waals surface area contributed by atoms with E-state index in [1.807, 2.05) is 18.2 Å². The van der Waals surface area contributed by atoms with Crippen LogP contribution < -0.4 is 5.73 Å². The van der Waals surface area contributed by atoms with E-state index in [2.05, 4.69) is 22.0 Å². The van der Waals surface area contributed by atoms with Gasteiger partial charge in [0.15, 0.2) is 5.96 Å². The van der Waals surface area contributed by atoms with E-state index in [9.17, 15) is 0 Å². The van der Waals surface area contributed by atoms with Crippen molar-refractivity contribution in [3.63, 3.8) is 0 Å². The van der Waals surface area contributed by atoms with Crippen LogP contribution in [-0.4, -0.2) is 49.4 Å². The van der Waals surface area contributed by atoms with Gasteiger partial charge in [0.25, 0.3) is 0 Å². The largest absolute Gasteiger partial charge is 0.377 e. The first-order chi connectivity index (χ1) is 9.34. The normalized spacial score (nSPS) is 27.4. The molecule has 1 aromatic rings. The molecular formula is C14H19N3O2. The van der Waals surface area contributed by atoms with Crippen LogP contribution in [0.15, 0.2) is 35.3 Å². The summed E-state index contributed by atoms with van der Waals surface area (Å²) in [6, 6.07) is 10.5. The van der Waals surface area contributed by atoms with Crippen molar-refractivity contribution in [2.75, 3.05) is 26.4 Å². The van der Waals surface area contributed by atoms with Crippen LogP contribution in [0.1, 0.15) is 5.56 Å². The van der Waals surface area contributed by atoms with Crippen LogP contribution in [-0.2, 0) is 16.0 Å². The quantitative estimate of drug-likeness (QED) is 0.625. The molecule has 2 fully saturated rings. The maximum Gasteiger partial charge on any atom is 0.192 e. The van der Waals surface area contributed by atoms with Crippen molar-refractivity contribution in [2.45, 2.75) is 18.6 Å². The van der Waals surface area contributed by atoms with Crippen LogP contribution in [0.2, 0.25) is 0 Å². The number of benzene rings is 1. The lowest BCUT2D eigenvalue weighted by atomic mass is 10.1. The van der Waals surface area contributed by atoms with Gasteiger partial charge in [-0.3, -0.25) is 0 Å². The van der Waals surface area contributed by atoms with Gasteiger partial charge in [-0.1, -0.05) is 30.3 Å². The number of nitrogens with two attached hydrogens (primary N) is 1. The minimum absolute atomic E-state index is 0.201. The summed E-state index contributed by atoms with van der Waals surface area (Å²) in [7, 11) is 0. The monoisotopic (exact) mass is 261 g/mol. The Morgan fingerprint density at radius 1 is 1.11 bits per heavy atom. The summed E-state index contributed by atoms with van der Waals surface area (Å²) in [5.74, 6) is 0.602. The van der Waals surface area contributed by atoms with Crippen molar-refractivity contribution < 1.29 is 9.47 Å². The van der Waals surface area contributed by atoms with Crippen LogP contribution in [0.3, 0.4) is 0 Å². The van der Waals surface area contributed by atoms with Gasteiger partial charge in [-0.05, 0) is 5.56 Å². The zero-order valence-electron chi connectivity index (χ0n) is 10.9. The zero-order chi connectivity index (χ0) is 13.1. The highest BCUT2D eigenvalue weighted by atomic mass is 16.5. The fourth-order valence-corrected chi connectivity index (χ4v) is 2.61. The molecule has 2 heterocycles. The molecule has 0 atom stereocenters. The number of morpholine rings is 2. The number of hydrogen-bond acceptors (Lipinski definition) is 3.